The average Bonchev–Trinajstić information content (AvgIpc) is 3.55. The fraction of sp³-hybridized carbons (Fsp3) is 0. The summed E-state index contributed by atoms with van der Waals surface area (Å²) < 4.78 is 2.65. The summed E-state index contributed by atoms with van der Waals surface area (Å²) in [4.78, 5) is 2.43. The van der Waals surface area contributed by atoms with Crippen molar-refractivity contribution in [2.45, 2.75) is 0 Å². The Morgan fingerprint density at radius 1 is 0.312 bits per heavy atom. The molecule has 1 heterocycles. The second kappa shape index (κ2) is 12.0. The first-order valence-electron chi connectivity index (χ1n) is 16.3. The van der Waals surface area contributed by atoms with E-state index in [0.29, 0.717) is 0 Å². The quantitative estimate of drug-likeness (QED) is 0.177. The first-order valence-corrected chi connectivity index (χ1v) is 17.2. The summed E-state index contributed by atoms with van der Waals surface area (Å²) in [5.41, 5.74) is 10.7. The van der Waals surface area contributed by atoms with Gasteiger partial charge in [0.2, 0.25) is 0 Å². The predicted molar refractivity (Wildman–Crippen MR) is 208 cm³/mol. The average molecular weight is 630 g/mol. The molecule has 0 aliphatic rings. The van der Waals surface area contributed by atoms with Crippen LogP contribution in [-0.2, 0) is 0 Å². The van der Waals surface area contributed by atoms with Gasteiger partial charge in [-0.15, -0.1) is 11.3 Å². The molecule has 9 rings (SSSR count). The molecule has 0 saturated carbocycles. The maximum atomic E-state index is 2.43. The van der Waals surface area contributed by atoms with Crippen LogP contribution >= 0.6 is 11.3 Å². The summed E-state index contributed by atoms with van der Waals surface area (Å²) >= 11 is 1.88. The van der Waals surface area contributed by atoms with Gasteiger partial charge in [0.15, 0.2) is 0 Å². The van der Waals surface area contributed by atoms with Gasteiger partial charge in [-0.25, -0.2) is 0 Å². The van der Waals surface area contributed by atoms with E-state index >= 15 is 0 Å². The minimum absolute atomic E-state index is 1.12. The second-order valence-electron chi connectivity index (χ2n) is 12.2. The van der Waals surface area contributed by atoms with E-state index in [4.69, 9.17) is 0 Å². The number of hydrogen-bond donors (Lipinski definition) is 0. The molecule has 0 radical (unpaired) electrons. The zero-order valence-corrected chi connectivity index (χ0v) is 27.1. The zero-order chi connectivity index (χ0) is 31.9. The highest BCUT2D eigenvalue weighted by Crippen LogP contribution is 2.46. The Hall–Kier alpha value is -5.96. The third-order valence-corrected chi connectivity index (χ3v) is 10.5. The van der Waals surface area contributed by atoms with Gasteiger partial charge in [-0.2, -0.15) is 0 Å². The van der Waals surface area contributed by atoms with Crippen LogP contribution in [0.1, 0.15) is 0 Å². The molecule has 0 spiro atoms. The van der Waals surface area contributed by atoms with Crippen LogP contribution in [0.15, 0.2) is 188 Å². The molecular weight excluding hydrogens is 599 g/mol. The first kappa shape index (κ1) is 28.3. The lowest BCUT2D eigenvalue weighted by Crippen LogP contribution is -2.10. The topological polar surface area (TPSA) is 3.24 Å². The molecule has 0 saturated heterocycles. The Labute approximate surface area is 284 Å². The van der Waals surface area contributed by atoms with Crippen LogP contribution in [0.2, 0.25) is 0 Å². The van der Waals surface area contributed by atoms with Gasteiger partial charge in [-0.05, 0) is 69.8 Å². The minimum atomic E-state index is 1.12. The Morgan fingerprint density at radius 2 is 0.812 bits per heavy atom. The van der Waals surface area contributed by atoms with Gasteiger partial charge in [0.1, 0.15) is 0 Å². The van der Waals surface area contributed by atoms with E-state index in [-0.39, 0.29) is 0 Å². The standard InChI is InChI=1S/C46H31NS/c1-3-12-32(13-4-1)34-22-24-35(25-23-34)36-26-28-38(29-27-36)47(39-17-11-16-37(30-39)33-14-5-2-6-15-33)44-31-43-41-19-9-10-21-45(41)48-46(43)42-20-8-7-18-40(42)44/h1-31H. The first-order chi connectivity index (χ1) is 23.8. The molecule has 0 aliphatic carbocycles. The van der Waals surface area contributed by atoms with Crippen LogP contribution in [0.5, 0.6) is 0 Å². The van der Waals surface area contributed by atoms with E-state index in [2.05, 4.69) is 193 Å². The molecular formula is C46H31NS. The van der Waals surface area contributed by atoms with Gasteiger partial charge in [0.25, 0.3) is 0 Å². The lowest BCUT2D eigenvalue weighted by atomic mass is 9.99. The Bertz CT molecular complexity index is 2530. The molecule has 0 amide bonds. The van der Waals surface area contributed by atoms with Crippen molar-refractivity contribution in [3.05, 3.63) is 188 Å². The summed E-state index contributed by atoms with van der Waals surface area (Å²) in [7, 11) is 0. The van der Waals surface area contributed by atoms with Crippen molar-refractivity contribution in [1.29, 1.82) is 0 Å². The van der Waals surface area contributed by atoms with Crippen LogP contribution in [0.25, 0.3) is 64.3 Å². The van der Waals surface area contributed by atoms with Gasteiger partial charge < -0.3 is 4.90 Å². The molecule has 2 heteroatoms. The smallest absolute Gasteiger partial charge is 0.0547 e. The highest BCUT2D eigenvalue weighted by atomic mass is 32.1. The minimum Gasteiger partial charge on any atom is -0.310 e. The molecule has 226 valence electrons. The monoisotopic (exact) mass is 629 g/mol. The number of thiophene rings is 1. The number of fused-ring (bicyclic) bond motifs is 5. The van der Waals surface area contributed by atoms with Crippen LogP contribution in [-0.4, -0.2) is 0 Å². The molecule has 9 aromatic rings. The number of anilines is 3. The van der Waals surface area contributed by atoms with Gasteiger partial charge >= 0.3 is 0 Å². The van der Waals surface area contributed by atoms with Crippen LogP contribution in [0.3, 0.4) is 0 Å². The summed E-state index contributed by atoms with van der Waals surface area (Å²) in [6.45, 7) is 0. The second-order valence-corrected chi connectivity index (χ2v) is 13.2. The molecule has 0 N–H and O–H groups in total. The highest BCUT2D eigenvalue weighted by Gasteiger charge is 2.20. The number of hydrogen-bond acceptors (Lipinski definition) is 2. The van der Waals surface area contributed by atoms with E-state index < -0.39 is 0 Å². The maximum Gasteiger partial charge on any atom is 0.0547 e. The van der Waals surface area contributed by atoms with Crippen molar-refractivity contribution in [1.82, 2.24) is 0 Å². The van der Waals surface area contributed by atoms with Crippen LogP contribution in [0, 0.1) is 0 Å². The fourth-order valence-electron chi connectivity index (χ4n) is 6.88. The molecule has 0 bridgehead atoms. The van der Waals surface area contributed by atoms with Crippen molar-refractivity contribution in [3.63, 3.8) is 0 Å². The van der Waals surface area contributed by atoms with Gasteiger partial charge in [-0.1, -0.05) is 152 Å². The van der Waals surface area contributed by atoms with E-state index in [1.807, 2.05) is 11.3 Å². The fourth-order valence-corrected chi connectivity index (χ4v) is 8.11. The van der Waals surface area contributed by atoms with E-state index in [1.54, 1.807) is 0 Å². The van der Waals surface area contributed by atoms with Crippen LogP contribution < -0.4 is 4.90 Å². The van der Waals surface area contributed by atoms with Crippen LogP contribution in [0.4, 0.5) is 17.1 Å². The maximum absolute atomic E-state index is 2.43. The zero-order valence-electron chi connectivity index (χ0n) is 26.3. The molecule has 0 atom stereocenters. The third kappa shape index (κ3) is 5.04. The number of rotatable bonds is 6. The molecule has 1 aromatic heterocycles. The van der Waals surface area contributed by atoms with Gasteiger partial charge in [-0.3, -0.25) is 0 Å². The largest absolute Gasteiger partial charge is 0.310 e. The Morgan fingerprint density at radius 3 is 1.48 bits per heavy atom. The summed E-state index contributed by atoms with van der Waals surface area (Å²) in [5, 5.41) is 5.12. The number of nitrogens with zero attached hydrogens (tertiary/aromatic N) is 1. The van der Waals surface area contributed by atoms with E-state index in [0.717, 1.165) is 11.4 Å². The molecule has 8 aromatic carbocycles. The highest BCUT2D eigenvalue weighted by molar-refractivity contribution is 7.26. The van der Waals surface area contributed by atoms with Crippen molar-refractivity contribution in [3.8, 4) is 33.4 Å². The van der Waals surface area contributed by atoms with Crippen molar-refractivity contribution in [2.75, 3.05) is 4.90 Å². The summed E-state index contributed by atoms with van der Waals surface area (Å²) in [5.74, 6) is 0. The lowest BCUT2D eigenvalue weighted by molar-refractivity contribution is 1.30. The molecule has 1 nitrogen and oxygen atoms in total. The summed E-state index contributed by atoms with van der Waals surface area (Å²) in [6, 6.07) is 68.1. The lowest BCUT2D eigenvalue weighted by Gasteiger charge is -2.28. The summed E-state index contributed by atoms with van der Waals surface area (Å²) in [6.07, 6.45) is 0. The molecule has 0 aliphatic heterocycles. The van der Waals surface area contributed by atoms with Crippen molar-refractivity contribution < 1.29 is 0 Å². The van der Waals surface area contributed by atoms with Crippen molar-refractivity contribution >= 4 is 59.3 Å². The molecule has 48 heavy (non-hydrogen) atoms. The Kier molecular flexibility index (Phi) is 7.07. The van der Waals surface area contributed by atoms with Gasteiger partial charge in [0, 0.05) is 42.3 Å². The van der Waals surface area contributed by atoms with E-state index in [9.17, 15) is 0 Å². The predicted octanol–water partition coefficient (Wildman–Crippen LogP) is 13.7. The molecule has 0 unspecified atom stereocenters. The Balaban J connectivity index is 1.21. The van der Waals surface area contributed by atoms with Gasteiger partial charge in [0.05, 0.1) is 5.69 Å². The SMILES string of the molecule is c1ccc(-c2ccc(-c3ccc(N(c4cccc(-c5ccccc5)c4)c4cc5c6ccccc6sc5c5ccccc45)cc3)cc2)cc1. The normalized spacial score (nSPS) is 11.3. The van der Waals surface area contributed by atoms with E-state index in [1.165, 1.54) is 70.0 Å². The third-order valence-electron chi connectivity index (χ3n) is 9.27. The molecule has 0 fully saturated rings. The number of benzene rings is 8. The van der Waals surface area contributed by atoms with Crippen molar-refractivity contribution in [2.24, 2.45) is 0 Å².